The molecule has 1 aromatic carbocycles. The average molecular weight is 268 g/mol. The highest BCUT2D eigenvalue weighted by Crippen LogP contribution is 2.37. The molecule has 0 aromatic heterocycles. The number of hydrogen-bond acceptors (Lipinski definition) is 5. The summed E-state index contributed by atoms with van der Waals surface area (Å²) < 4.78 is 15.3. The molecule has 1 N–H and O–H groups in total. The molecule has 19 heavy (non-hydrogen) atoms. The van der Waals surface area contributed by atoms with Crippen LogP contribution in [0.3, 0.4) is 0 Å². The number of carbonyl (C=O) groups excluding carboxylic acids is 1. The van der Waals surface area contributed by atoms with Gasteiger partial charge >= 0.3 is 5.97 Å². The second-order valence-corrected chi connectivity index (χ2v) is 4.07. The van der Waals surface area contributed by atoms with Gasteiger partial charge in [-0.15, -0.1) is 0 Å². The monoisotopic (exact) mass is 268 g/mol. The summed E-state index contributed by atoms with van der Waals surface area (Å²) in [5.41, 5.74) is 0.290. The second kappa shape index (κ2) is 6.87. The van der Waals surface area contributed by atoms with E-state index in [4.69, 9.17) is 14.2 Å². The topological polar surface area (TPSA) is 65.0 Å². The highest BCUT2D eigenvalue weighted by molar-refractivity contribution is 5.91. The van der Waals surface area contributed by atoms with Gasteiger partial charge in [-0.25, -0.2) is 4.79 Å². The van der Waals surface area contributed by atoms with Crippen molar-refractivity contribution >= 4 is 5.97 Å². The molecule has 1 rings (SSSR count). The molecule has 0 saturated heterocycles. The van der Waals surface area contributed by atoms with E-state index in [0.717, 1.165) is 12.8 Å². The third-order valence-corrected chi connectivity index (χ3v) is 2.90. The maximum atomic E-state index is 12.0. The van der Waals surface area contributed by atoms with E-state index in [1.54, 1.807) is 0 Å². The Morgan fingerprint density at radius 2 is 1.63 bits per heavy atom. The van der Waals surface area contributed by atoms with Crippen molar-refractivity contribution in [3.63, 3.8) is 0 Å². The Kier molecular flexibility index (Phi) is 5.48. The lowest BCUT2D eigenvalue weighted by molar-refractivity contribution is 0.0283. The van der Waals surface area contributed by atoms with Crippen molar-refractivity contribution in [2.24, 2.45) is 0 Å². The Morgan fingerprint density at radius 1 is 1.16 bits per heavy atom. The van der Waals surface area contributed by atoms with Crippen molar-refractivity contribution < 1.29 is 24.1 Å². The van der Waals surface area contributed by atoms with E-state index in [9.17, 15) is 9.90 Å². The van der Waals surface area contributed by atoms with Crippen LogP contribution >= 0.6 is 0 Å². The zero-order chi connectivity index (χ0) is 14.4. The summed E-state index contributed by atoms with van der Waals surface area (Å²) in [5, 5.41) is 9.77. The van der Waals surface area contributed by atoms with Gasteiger partial charge in [0.1, 0.15) is 6.10 Å². The van der Waals surface area contributed by atoms with Crippen LogP contribution in [0.25, 0.3) is 0 Å². The molecule has 0 amide bonds. The molecular weight excluding hydrogens is 248 g/mol. The average Bonchev–Trinajstić information content (AvgIpc) is 2.44. The summed E-state index contributed by atoms with van der Waals surface area (Å²) in [6.45, 7) is 3.92. The lowest BCUT2D eigenvalue weighted by atomic mass is 10.1. The number of esters is 1. The Morgan fingerprint density at radius 3 is 2.00 bits per heavy atom. The SMILES string of the molecule is CCC(CC)OC(=O)c1cc(OC)c(O)c(OC)c1. The third kappa shape index (κ3) is 3.53. The minimum absolute atomic E-state index is 0.113. The molecule has 0 aliphatic carbocycles. The van der Waals surface area contributed by atoms with Crippen LogP contribution in [0.4, 0.5) is 0 Å². The van der Waals surface area contributed by atoms with Gasteiger partial charge in [-0.3, -0.25) is 0 Å². The second-order valence-electron chi connectivity index (χ2n) is 4.07. The fourth-order valence-electron chi connectivity index (χ4n) is 1.69. The van der Waals surface area contributed by atoms with Crippen LogP contribution in [-0.4, -0.2) is 31.4 Å². The number of aromatic hydroxyl groups is 1. The summed E-state index contributed by atoms with van der Waals surface area (Å²) >= 11 is 0. The van der Waals surface area contributed by atoms with Crippen LogP contribution in [0.5, 0.6) is 17.2 Å². The van der Waals surface area contributed by atoms with Crippen molar-refractivity contribution in [2.75, 3.05) is 14.2 Å². The van der Waals surface area contributed by atoms with Crippen molar-refractivity contribution in [3.05, 3.63) is 17.7 Å². The summed E-state index contributed by atoms with van der Waals surface area (Å²) in [6, 6.07) is 2.87. The van der Waals surface area contributed by atoms with Gasteiger partial charge in [0, 0.05) is 0 Å². The van der Waals surface area contributed by atoms with Gasteiger partial charge in [-0.05, 0) is 25.0 Å². The lowest BCUT2D eigenvalue weighted by Crippen LogP contribution is -2.16. The zero-order valence-electron chi connectivity index (χ0n) is 11.7. The van der Waals surface area contributed by atoms with Gasteiger partial charge < -0.3 is 19.3 Å². The molecule has 0 atom stereocenters. The van der Waals surface area contributed by atoms with Crippen LogP contribution in [-0.2, 0) is 4.74 Å². The number of carbonyl (C=O) groups is 1. The zero-order valence-corrected chi connectivity index (χ0v) is 11.7. The van der Waals surface area contributed by atoms with Crippen molar-refractivity contribution in [1.82, 2.24) is 0 Å². The van der Waals surface area contributed by atoms with E-state index in [1.165, 1.54) is 26.4 Å². The van der Waals surface area contributed by atoms with Crippen molar-refractivity contribution in [3.8, 4) is 17.2 Å². The number of methoxy groups -OCH3 is 2. The van der Waals surface area contributed by atoms with Crippen LogP contribution in [0, 0.1) is 0 Å². The fraction of sp³-hybridized carbons (Fsp3) is 0.500. The van der Waals surface area contributed by atoms with E-state index in [0.29, 0.717) is 5.56 Å². The van der Waals surface area contributed by atoms with Crippen molar-refractivity contribution in [2.45, 2.75) is 32.8 Å². The molecule has 0 aliphatic rings. The standard InChI is InChI=1S/C14H20O5/c1-5-10(6-2)19-14(16)9-7-11(17-3)13(15)12(8-9)18-4/h7-8,10,15H,5-6H2,1-4H3. The molecule has 0 saturated carbocycles. The largest absolute Gasteiger partial charge is 0.502 e. The normalized spacial score (nSPS) is 10.4. The van der Waals surface area contributed by atoms with Crippen molar-refractivity contribution in [1.29, 1.82) is 0 Å². The third-order valence-electron chi connectivity index (χ3n) is 2.90. The number of rotatable bonds is 6. The molecule has 0 bridgehead atoms. The predicted molar refractivity (Wildman–Crippen MR) is 71.0 cm³/mol. The minimum Gasteiger partial charge on any atom is -0.502 e. The molecule has 1 aromatic rings. The maximum Gasteiger partial charge on any atom is 0.338 e. The van der Waals surface area contributed by atoms with Crippen LogP contribution < -0.4 is 9.47 Å². The smallest absolute Gasteiger partial charge is 0.338 e. The lowest BCUT2D eigenvalue weighted by Gasteiger charge is -2.15. The predicted octanol–water partition coefficient (Wildman–Crippen LogP) is 2.75. The van der Waals surface area contributed by atoms with E-state index < -0.39 is 5.97 Å². The summed E-state index contributed by atoms with van der Waals surface area (Å²) in [7, 11) is 2.81. The Bertz CT molecular complexity index is 412. The van der Waals surface area contributed by atoms with Crippen LogP contribution in [0.1, 0.15) is 37.0 Å². The summed E-state index contributed by atoms with van der Waals surface area (Å²) in [4.78, 5) is 12.0. The Balaban J connectivity index is 3.03. The van der Waals surface area contributed by atoms with Gasteiger partial charge in [0.05, 0.1) is 19.8 Å². The van der Waals surface area contributed by atoms with Crippen LogP contribution in [0.15, 0.2) is 12.1 Å². The summed E-state index contributed by atoms with van der Waals surface area (Å²) in [6.07, 6.45) is 1.40. The van der Waals surface area contributed by atoms with E-state index in [2.05, 4.69) is 0 Å². The molecule has 0 unspecified atom stereocenters. The molecular formula is C14H20O5. The van der Waals surface area contributed by atoms with Gasteiger partial charge in [-0.1, -0.05) is 13.8 Å². The van der Waals surface area contributed by atoms with E-state index >= 15 is 0 Å². The first kappa shape index (κ1) is 15.1. The first-order valence-corrected chi connectivity index (χ1v) is 6.23. The molecule has 0 heterocycles. The Hall–Kier alpha value is -1.91. The molecule has 0 spiro atoms. The number of benzene rings is 1. The van der Waals surface area contributed by atoms with Gasteiger partial charge in [-0.2, -0.15) is 0 Å². The van der Waals surface area contributed by atoms with Gasteiger partial charge in [0.25, 0.3) is 0 Å². The molecule has 0 aliphatic heterocycles. The molecule has 0 fully saturated rings. The number of phenols is 1. The van der Waals surface area contributed by atoms with Gasteiger partial charge in [0.15, 0.2) is 11.5 Å². The van der Waals surface area contributed by atoms with Crippen LogP contribution in [0.2, 0.25) is 0 Å². The maximum absolute atomic E-state index is 12.0. The summed E-state index contributed by atoms with van der Waals surface area (Å²) in [5.74, 6) is -0.235. The first-order chi connectivity index (χ1) is 9.07. The minimum atomic E-state index is -0.453. The fourth-order valence-corrected chi connectivity index (χ4v) is 1.69. The molecule has 5 heteroatoms. The number of ether oxygens (including phenoxy) is 3. The highest BCUT2D eigenvalue weighted by Gasteiger charge is 2.18. The molecule has 0 radical (unpaired) electrons. The quantitative estimate of drug-likeness (QED) is 0.804. The number of hydrogen-bond donors (Lipinski definition) is 1. The number of phenolic OH excluding ortho intramolecular Hbond substituents is 1. The van der Waals surface area contributed by atoms with E-state index in [-0.39, 0.29) is 23.4 Å². The first-order valence-electron chi connectivity index (χ1n) is 6.23. The van der Waals surface area contributed by atoms with Gasteiger partial charge in [0.2, 0.25) is 5.75 Å². The molecule has 5 nitrogen and oxygen atoms in total. The Labute approximate surface area is 113 Å². The van der Waals surface area contributed by atoms with E-state index in [1.807, 2.05) is 13.8 Å². The highest BCUT2D eigenvalue weighted by atomic mass is 16.5. The molecule has 106 valence electrons.